The topological polar surface area (TPSA) is 6.48 Å². The molecule has 0 radical (unpaired) electrons. The van der Waals surface area contributed by atoms with E-state index in [1.54, 1.807) is 0 Å². The van der Waals surface area contributed by atoms with Crippen molar-refractivity contribution in [3.8, 4) is 11.1 Å². The van der Waals surface area contributed by atoms with Crippen LogP contribution in [0.4, 0.5) is 34.1 Å². The third kappa shape index (κ3) is 7.02. The van der Waals surface area contributed by atoms with Crippen molar-refractivity contribution in [1.82, 2.24) is 0 Å². The van der Waals surface area contributed by atoms with Gasteiger partial charge < -0.3 is 9.80 Å². The second-order valence-corrected chi connectivity index (χ2v) is 13.9. The zero-order valence-electron chi connectivity index (χ0n) is 30.8. The van der Waals surface area contributed by atoms with Crippen molar-refractivity contribution in [2.24, 2.45) is 0 Å². The summed E-state index contributed by atoms with van der Waals surface area (Å²) in [6.07, 6.45) is 4.38. The van der Waals surface area contributed by atoms with Gasteiger partial charge in [0.1, 0.15) is 0 Å². The Kier molecular flexibility index (Phi) is 9.22. The number of nitrogens with zero attached hydrogens (tertiary/aromatic N) is 2. The van der Waals surface area contributed by atoms with Crippen LogP contribution in [0.1, 0.15) is 16.7 Å². The fraction of sp³-hybridized carbons (Fsp3) is 0.0189. The largest absolute Gasteiger partial charge is 0.311 e. The van der Waals surface area contributed by atoms with Gasteiger partial charge in [0.15, 0.2) is 0 Å². The number of aryl methyl sites for hydroxylation is 1. The highest BCUT2D eigenvalue weighted by Gasteiger charge is 2.17. The van der Waals surface area contributed by atoms with Gasteiger partial charge >= 0.3 is 0 Å². The summed E-state index contributed by atoms with van der Waals surface area (Å²) in [4.78, 5) is 4.67. The molecule has 0 aromatic heterocycles. The number of para-hydroxylation sites is 2. The highest BCUT2D eigenvalue weighted by Crippen LogP contribution is 2.42. The summed E-state index contributed by atoms with van der Waals surface area (Å²) in [5.74, 6) is 0. The predicted octanol–water partition coefficient (Wildman–Crippen LogP) is 15.1. The van der Waals surface area contributed by atoms with Crippen molar-refractivity contribution in [3.05, 3.63) is 229 Å². The first-order valence-corrected chi connectivity index (χ1v) is 18.8. The molecule has 0 bridgehead atoms. The van der Waals surface area contributed by atoms with Crippen LogP contribution in [0.15, 0.2) is 212 Å². The van der Waals surface area contributed by atoms with E-state index in [1.165, 1.54) is 43.9 Å². The van der Waals surface area contributed by atoms with E-state index in [4.69, 9.17) is 0 Å². The van der Waals surface area contributed by atoms with Crippen LogP contribution in [0.25, 0.3) is 44.8 Å². The van der Waals surface area contributed by atoms with E-state index in [2.05, 4.69) is 241 Å². The molecule has 0 fully saturated rings. The number of hydrogen-bond acceptors (Lipinski definition) is 2. The summed E-state index contributed by atoms with van der Waals surface area (Å²) < 4.78 is 0. The van der Waals surface area contributed by atoms with Gasteiger partial charge in [-0.05, 0) is 112 Å². The molecule has 55 heavy (non-hydrogen) atoms. The Morgan fingerprint density at radius 2 is 0.727 bits per heavy atom. The van der Waals surface area contributed by atoms with Crippen molar-refractivity contribution in [2.75, 3.05) is 9.80 Å². The smallest absolute Gasteiger partial charge is 0.0546 e. The molecule has 0 unspecified atom stereocenters. The third-order valence-corrected chi connectivity index (χ3v) is 10.3. The zero-order valence-corrected chi connectivity index (χ0v) is 30.8. The number of rotatable bonds is 9. The lowest BCUT2D eigenvalue weighted by molar-refractivity contribution is 1.28. The van der Waals surface area contributed by atoms with E-state index in [0.29, 0.717) is 0 Å². The van der Waals surface area contributed by atoms with Crippen LogP contribution in [-0.2, 0) is 0 Å². The highest BCUT2D eigenvalue weighted by molar-refractivity contribution is 6.14. The molecule has 0 heterocycles. The van der Waals surface area contributed by atoms with Crippen molar-refractivity contribution in [2.45, 2.75) is 6.92 Å². The quantitative estimate of drug-likeness (QED) is 0.109. The minimum atomic E-state index is 1.12. The molecule has 9 aromatic carbocycles. The van der Waals surface area contributed by atoms with Crippen molar-refractivity contribution >= 4 is 67.8 Å². The molecule has 0 saturated carbocycles. The summed E-state index contributed by atoms with van der Waals surface area (Å²) >= 11 is 0. The molecule has 2 heteroatoms. The molecule has 0 aliphatic heterocycles. The van der Waals surface area contributed by atoms with Gasteiger partial charge in [-0.1, -0.05) is 163 Å². The number of hydrogen-bond donors (Lipinski definition) is 0. The lowest BCUT2D eigenvalue weighted by atomic mass is 9.99. The van der Waals surface area contributed by atoms with E-state index in [1.807, 2.05) is 0 Å². The maximum absolute atomic E-state index is 2.38. The maximum atomic E-state index is 2.38. The molecule has 0 aliphatic carbocycles. The normalized spacial score (nSPS) is 11.3. The number of anilines is 6. The molecule has 2 nitrogen and oxygen atoms in total. The monoisotopic (exact) mass is 704 g/mol. The van der Waals surface area contributed by atoms with E-state index >= 15 is 0 Å². The van der Waals surface area contributed by atoms with Crippen molar-refractivity contribution < 1.29 is 0 Å². The molecule has 0 spiro atoms. The van der Waals surface area contributed by atoms with Gasteiger partial charge in [0, 0.05) is 33.8 Å². The maximum Gasteiger partial charge on any atom is 0.0546 e. The van der Waals surface area contributed by atoms with Crippen LogP contribution >= 0.6 is 0 Å². The first-order chi connectivity index (χ1) is 27.2. The number of fused-ring (bicyclic) bond motifs is 3. The Labute approximate surface area is 323 Å². The predicted molar refractivity (Wildman–Crippen MR) is 236 cm³/mol. The van der Waals surface area contributed by atoms with Gasteiger partial charge in [-0.25, -0.2) is 0 Å². The molecule has 9 rings (SSSR count). The third-order valence-electron chi connectivity index (χ3n) is 10.3. The Bertz CT molecular complexity index is 2680. The molecule has 0 atom stereocenters. The highest BCUT2D eigenvalue weighted by atomic mass is 15.1. The van der Waals surface area contributed by atoms with Crippen LogP contribution in [0.5, 0.6) is 0 Å². The average molecular weight is 705 g/mol. The summed E-state index contributed by atoms with van der Waals surface area (Å²) in [6, 6.07) is 76.1. The molecular formula is C53H40N2. The first-order valence-electron chi connectivity index (χ1n) is 18.8. The van der Waals surface area contributed by atoms with Gasteiger partial charge in [0.25, 0.3) is 0 Å². The SMILES string of the molecule is Cc1ccc(N(c2ccc(/C=C/c3ccc(-c4ccc(N(c5ccccc5)c5ccccc5)cc4)cc3)cc2)c2cc3ccccc3c3ccccc23)cc1. The van der Waals surface area contributed by atoms with Crippen molar-refractivity contribution in [1.29, 1.82) is 0 Å². The van der Waals surface area contributed by atoms with Crippen LogP contribution in [0, 0.1) is 6.92 Å². The van der Waals surface area contributed by atoms with E-state index in [9.17, 15) is 0 Å². The summed E-state index contributed by atoms with van der Waals surface area (Å²) in [6.45, 7) is 2.14. The second kappa shape index (κ2) is 15.1. The van der Waals surface area contributed by atoms with E-state index in [-0.39, 0.29) is 0 Å². The summed E-state index contributed by atoms with van der Waals surface area (Å²) in [5, 5.41) is 4.99. The standard InChI is InChI=1S/C53H40N2/c1-39-20-32-48(33-21-39)55(53-38-44-12-8-9-17-50(44)51-18-10-11-19-52(51)53)49-34-26-41(27-35-49)23-22-40-24-28-42(29-25-40)43-30-36-47(37-31-43)54(45-13-4-2-5-14-45)46-15-6-3-7-16-46/h2-38H,1H3/b23-22+. The van der Waals surface area contributed by atoms with Gasteiger partial charge in [-0.3, -0.25) is 0 Å². The zero-order chi connectivity index (χ0) is 37.0. The van der Waals surface area contributed by atoms with Crippen LogP contribution in [-0.4, -0.2) is 0 Å². The summed E-state index contributed by atoms with van der Waals surface area (Å²) in [5.41, 5.74) is 12.7. The average Bonchev–Trinajstić information content (AvgIpc) is 3.25. The lowest BCUT2D eigenvalue weighted by Crippen LogP contribution is -2.10. The van der Waals surface area contributed by atoms with Gasteiger partial charge in [-0.15, -0.1) is 0 Å². The molecular weight excluding hydrogens is 665 g/mol. The molecule has 0 N–H and O–H groups in total. The molecule has 262 valence electrons. The lowest BCUT2D eigenvalue weighted by Gasteiger charge is -2.27. The Morgan fingerprint density at radius 3 is 1.31 bits per heavy atom. The van der Waals surface area contributed by atoms with Crippen LogP contribution in [0.3, 0.4) is 0 Å². The van der Waals surface area contributed by atoms with Crippen molar-refractivity contribution in [3.63, 3.8) is 0 Å². The van der Waals surface area contributed by atoms with Crippen LogP contribution < -0.4 is 9.80 Å². The van der Waals surface area contributed by atoms with Gasteiger partial charge in [0.05, 0.1) is 5.69 Å². The summed E-state index contributed by atoms with van der Waals surface area (Å²) in [7, 11) is 0. The van der Waals surface area contributed by atoms with Gasteiger partial charge in [0.2, 0.25) is 0 Å². The molecule has 9 aromatic rings. The fourth-order valence-corrected chi connectivity index (χ4v) is 7.46. The minimum absolute atomic E-state index is 1.12. The Hall–Kier alpha value is -7.16. The Balaban J connectivity index is 0.963. The molecule has 0 saturated heterocycles. The second-order valence-electron chi connectivity index (χ2n) is 13.9. The number of benzene rings is 9. The Morgan fingerprint density at radius 1 is 0.327 bits per heavy atom. The van der Waals surface area contributed by atoms with E-state index < -0.39 is 0 Å². The van der Waals surface area contributed by atoms with Gasteiger partial charge in [-0.2, -0.15) is 0 Å². The van der Waals surface area contributed by atoms with Crippen LogP contribution in [0.2, 0.25) is 0 Å². The molecule has 0 aliphatic rings. The minimum Gasteiger partial charge on any atom is -0.311 e. The first kappa shape index (κ1) is 33.7. The molecule has 0 amide bonds. The van der Waals surface area contributed by atoms with E-state index in [0.717, 1.165) is 39.6 Å². The fourth-order valence-electron chi connectivity index (χ4n) is 7.46.